The van der Waals surface area contributed by atoms with Crippen LogP contribution in [0.5, 0.6) is 0 Å². The van der Waals surface area contributed by atoms with Crippen LogP contribution in [-0.4, -0.2) is 12.1 Å². The first-order valence-electron chi connectivity index (χ1n) is 4.83. The molecule has 1 aliphatic rings. The Balaban J connectivity index is 2.57. The van der Waals surface area contributed by atoms with E-state index >= 15 is 0 Å². The molecule has 0 bridgehead atoms. The van der Waals surface area contributed by atoms with E-state index in [1.807, 2.05) is 0 Å². The van der Waals surface area contributed by atoms with Crippen molar-refractivity contribution in [2.45, 2.75) is 46.1 Å². The van der Waals surface area contributed by atoms with E-state index in [4.69, 9.17) is 0 Å². The molecule has 2 atom stereocenters. The maximum atomic E-state index is 3.56. The molecule has 0 amide bonds. The molecule has 1 nitrogen and oxygen atoms in total. The third-order valence-corrected chi connectivity index (χ3v) is 3.29. The highest BCUT2D eigenvalue weighted by molar-refractivity contribution is 4.94. The SMILES string of the molecule is CCC(C)C1CCNC1(C)C. The van der Waals surface area contributed by atoms with Gasteiger partial charge >= 0.3 is 0 Å². The molecule has 0 aliphatic carbocycles. The third-order valence-electron chi connectivity index (χ3n) is 3.29. The molecule has 1 rings (SSSR count). The van der Waals surface area contributed by atoms with Crippen molar-refractivity contribution < 1.29 is 0 Å². The molecule has 1 fully saturated rings. The highest BCUT2D eigenvalue weighted by atomic mass is 15.0. The van der Waals surface area contributed by atoms with E-state index in [0.29, 0.717) is 5.54 Å². The minimum absolute atomic E-state index is 0.384. The van der Waals surface area contributed by atoms with E-state index in [9.17, 15) is 0 Å². The molecule has 2 unspecified atom stereocenters. The van der Waals surface area contributed by atoms with Crippen LogP contribution in [0.3, 0.4) is 0 Å². The molecule has 1 N–H and O–H groups in total. The maximum Gasteiger partial charge on any atom is 0.0156 e. The second-order valence-corrected chi connectivity index (χ2v) is 4.43. The smallest absolute Gasteiger partial charge is 0.0156 e. The normalized spacial score (nSPS) is 32.2. The average molecular weight is 155 g/mol. The summed E-state index contributed by atoms with van der Waals surface area (Å²) < 4.78 is 0. The standard InChI is InChI=1S/C10H21N/c1-5-8(2)9-6-7-11-10(9,3)4/h8-9,11H,5-7H2,1-4H3. The Bertz CT molecular complexity index is 129. The maximum absolute atomic E-state index is 3.56. The van der Waals surface area contributed by atoms with Crippen LogP contribution in [0.15, 0.2) is 0 Å². The Kier molecular flexibility index (Phi) is 2.58. The minimum atomic E-state index is 0.384. The molecule has 0 radical (unpaired) electrons. The topological polar surface area (TPSA) is 12.0 Å². The van der Waals surface area contributed by atoms with Gasteiger partial charge in [0.2, 0.25) is 0 Å². The zero-order chi connectivity index (χ0) is 8.48. The van der Waals surface area contributed by atoms with E-state index in [0.717, 1.165) is 11.8 Å². The van der Waals surface area contributed by atoms with E-state index in [1.54, 1.807) is 0 Å². The highest BCUT2D eigenvalue weighted by Crippen LogP contribution is 2.33. The number of rotatable bonds is 2. The van der Waals surface area contributed by atoms with Crippen molar-refractivity contribution >= 4 is 0 Å². The predicted octanol–water partition coefficient (Wildman–Crippen LogP) is 2.42. The Labute approximate surface area is 70.6 Å². The summed E-state index contributed by atoms with van der Waals surface area (Å²) in [5.41, 5.74) is 0.384. The molecule has 66 valence electrons. The van der Waals surface area contributed by atoms with Crippen molar-refractivity contribution in [1.82, 2.24) is 5.32 Å². The number of nitrogens with one attached hydrogen (secondary N) is 1. The first-order chi connectivity index (χ1) is 5.08. The molecular formula is C10H21N. The van der Waals surface area contributed by atoms with Gasteiger partial charge in [0.05, 0.1) is 0 Å². The molecule has 0 spiro atoms. The summed E-state index contributed by atoms with van der Waals surface area (Å²) in [5.74, 6) is 1.76. The molecule has 1 heteroatoms. The second-order valence-electron chi connectivity index (χ2n) is 4.43. The highest BCUT2D eigenvalue weighted by Gasteiger charge is 2.36. The van der Waals surface area contributed by atoms with Gasteiger partial charge in [0, 0.05) is 5.54 Å². The zero-order valence-electron chi connectivity index (χ0n) is 8.28. The van der Waals surface area contributed by atoms with E-state index in [-0.39, 0.29) is 0 Å². The van der Waals surface area contributed by atoms with Gasteiger partial charge in [0.25, 0.3) is 0 Å². The molecule has 11 heavy (non-hydrogen) atoms. The van der Waals surface area contributed by atoms with E-state index in [1.165, 1.54) is 19.4 Å². The first-order valence-corrected chi connectivity index (χ1v) is 4.83. The minimum Gasteiger partial charge on any atom is -0.311 e. The van der Waals surface area contributed by atoms with Crippen LogP contribution < -0.4 is 5.32 Å². The second kappa shape index (κ2) is 3.14. The molecule has 0 saturated carbocycles. The third kappa shape index (κ3) is 1.76. The largest absolute Gasteiger partial charge is 0.311 e. The van der Waals surface area contributed by atoms with Crippen molar-refractivity contribution in [2.75, 3.05) is 6.54 Å². The van der Waals surface area contributed by atoms with Gasteiger partial charge in [-0.25, -0.2) is 0 Å². The summed E-state index contributed by atoms with van der Waals surface area (Å²) in [4.78, 5) is 0. The van der Waals surface area contributed by atoms with Crippen LogP contribution in [0, 0.1) is 11.8 Å². The molecule has 0 aromatic carbocycles. The van der Waals surface area contributed by atoms with Crippen molar-refractivity contribution in [3.63, 3.8) is 0 Å². The van der Waals surface area contributed by atoms with E-state index in [2.05, 4.69) is 33.0 Å². The van der Waals surface area contributed by atoms with Gasteiger partial charge < -0.3 is 5.32 Å². The molecule has 0 aromatic heterocycles. The van der Waals surface area contributed by atoms with Gasteiger partial charge in [-0.05, 0) is 38.6 Å². The first kappa shape index (κ1) is 9.05. The van der Waals surface area contributed by atoms with Crippen LogP contribution in [0.2, 0.25) is 0 Å². The monoisotopic (exact) mass is 155 g/mol. The molecule has 1 saturated heterocycles. The lowest BCUT2D eigenvalue weighted by molar-refractivity contribution is 0.242. The number of hydrogen-bond donors (Lipinski definition) is 1. The van der Waals surface area contributed by atoms with Crippen molar-refractivity contribution in [2.24, 2.45) is 11.8 Å². The van der Waals surface area contributed by atoms with Crippen LogP contribution in [0.25, 0.3) is 0 Å². The summed E-state index contributed by atoms with van der Waals surface area (Å²) in [6, 6.07) is 0. The van der Waals surface area contributed by atoms with Crippen molar-refractivity contribution in [3.05, 3.63) is 0 Å². The predicted molar refractivity (Wildman–Crippen MR) is 49.6 cm³/mol. The van der Waals surface area contributed by atoms with Crippen molar-refractivity contribution in [1.29, 1.82) is 0 Å². The summed E-state index contributed by atoms with van der Waals surface area (Å²) in [5, 5.41) is 3.56. The van der Waals surface area contributed by atoms with Crippen LogP contribution in [0.4, 0.5) is 0 Å². The van der Waals surface area contributed by atoms with Crippen LogP contribution >= 0.6 is 0 Å². The quantitative estimate of drug-likeness (QED) is 0.645. The Morgan fingerprint density at radius 1 is 1.55 bits per heavy atom. The van der Waals surface area contributed by atoms with Gasteiger partial charge in [-0.1, -0.05) is 20.3 Å². The Morgan fingerprint density at radius 3 is 2.55 bits per heavy atom. The average Bonchev–Trinajstić information content (AvgIpc) is 2.28. The summed E-state index contributed by atoms with van der Waals surface area (Å²) in [6.45, 7) is 10.5. The van der Waals surface area contributed by atoms with Gasteiger partial charge in [-0.2, -0.15) is 0 Å². The summed E-state index contributed by atoms with van der Waals surface area (Å²) in [7, 11) is 0. The van der Waals surface area contributed by atoms with Gasteiger partial charge in [-0.3, -0.25) is 0 Å². The fourth-order valence-electron chi connectivity index (χ4n) is 2.32. The lowest BCUT2D eigenvalue weighted by Crippen LogP contribution is -2.40. The molecular weight excluding hydrogens is 134 g/mol. The molecule has 0 aromatic rings. The Hall–Kier alpha value is -0.0400. The van der Waals surface area contributed by atoms with Crippen LogP contribution in [0.1, 0.15) is 40.5 Å². The molecule has 1 heterocycles. The Morgan fingerprint density at radius 2 is 2.18 bits per heavy atom. The number of hydrogen-bond acceptors (Lipinski definition) is 1. The van der Waals surface area contributed by atoms with Gasteiger partial charge in [0.15, 0.2) is 0 Å². The lowest BCUT2D eigenvalue weighted by atomic mass is 9.79. The fraction of sp³-hybridized carbons (Fsp3) is 1.00. The van der Waals surface area contributed by atoms with Crippen molar-refractivity contribution in [3.8, 4) is 0 Å². The zero-order valence-corrected chi connectivity index (χ0v) is 8.28. The summed E-state index contributed by atoms with van der Waals surface area (Å²) >= 11 is 0. The van der Waals surface area contributed by atoms with Gasteiger partial charge in [-0.15, -0.1) is 0 Å². The van der Waals surface area contributed by atoms with E-state index < -0.39 is 0 Å². The summed E-state index contributed by atoms with van der Waals surface area (Å²) in [6.07, 6.45) is 2.68. The van der Waals surface area contributed by atoms with Crippen LogP contribution in [-0.2, 0) is 0 Å². The lowest BCUT2D eigenvalue weighted by Gasteiger charge is -2.31. The molecule has 1 aliphatic heterocycles. The van der Waals surface area contributed by atoms with Gasteiger partial charge in [0.1, 0.15) is 0 Å². The fourth-order valence-corrected chi connectivity index (χ4v) is 2.32.